The molecule has 0 radical (unpaired) electrons. The number of nitrogens with one attached hydrogen (secondary N) is 2. The van der Waals surface area contributed by atoms with Gasteiger partial charge in [0.25, 0.3) is 5.91 Å². The fourth-order valence-corrected chi connectivity index (χ4v) is 2.90. The molecule has 1 aromatic rings. The highest BCUT2D eigenvalue weighted by Gasteiger charge is 2.22. The van der Waals surface area contributed by atoms with Crippen molar-refractivity contribution in [2.75, 3.05) is 25.6 Å². The third kappa shape index (κ3) is 5.36. The van der Waals surface area contributed by atoms with E-state index < -0.39 is 0 Å². The number of carbonyl (C=O) groups excluding carboxylic acids is 2. The van der Waals surface area contributed by atoms with Gasteiger partial charge in [-0.15, -0.1) is 0 Å². The van der Waals surface area contributed by atoms with E-state index in [1.165, 1.54) is 6.42 Å². The number of carbonyl (C=O) groups is 2. The Kier molecular flexibility index (Phi) is 7.07. The molecule has 1 aromatic carbocycles. The van der Waals surface area contributed by atoms with Gasteiger partial charge in [-0.2, -0.15) is 0 Å². The molecular weight excluding hydrogens is 292 g/mol. The minimum Gasteiger partial charge on any atom is -0.385 e. The molecule has 1 aliphatic carbocycles. The van der Waals surface area contributed by atoms with Gasteiger partial charge in [0.1, 0.15) is 0 Å². The van der Waals surface area contributed by atoms with Crippen molar-refractivity contribution < 1.29 is 14.3 Å². The molecule has 0 atom stereocenters. The largest absolute Gasteiger partial charge is 0.385 e. The van der Waals surface area contributed by atoms with E-state index in [-0.39, 0.29) is 17.7 Å². The summed E-state index contributed by atoms with van der Waals surface area (Å²) in [5, 5.41) is 5.79. The number of para-hydroxylation sites is 1. The van der Waals surface area contributed by atoms with E-state index in [9.17, 15) is 9.59 Å². The molecule has 23 heavy (non-hydrogen) atoms. The molecule has 0 bridgehead atoms. The van der Waals surface area contributed by atoms with Gasteiger partial charge in [0.15, 0.2) is 0 Å². The summed E-state index contributed by atoms with van der Waals surface area (Å²) in [7, 11) is 1.64. The molecule has 0 heterocycles. The molecule has 2 amide bonds. The standard InChI is InChI=1S/C18H26N2O3/c1-23-13-7-12-19-18(22)15-10-5-6-11-16(15)20-17(21)14-8-3-2-4-9-14/h5-6,10-11,14H,2-4,7-9,12-13H2,1H3,(H,19,22)(H,20,21). The van der Waals surface area contributed by atoms with Gasteiger partial charge in [-0.3, -0.25) is 9.59 Å². The Morgan fingerprint density at radius 1 is 1.17 bits per heavy atom. The molecule has 0 spiro atoms. The number of methoxy groups -OCH3 is 1. The molecule has 0 saturated heterocycles. The Bertz CT molecular complexity index is 525. The van der Waals surface area contributed by atoms with Gasteiger partial charge in [0.05, 0.1) is 11.3 Å². The highest BCUT2D eigenvalue weighted by atomic mass is 16.5. The highest BCUT2D eigenvalue weighted by molar-refractivity contribution is 6.04. The zero-order valence-corrected chi connectivity index (χ0v) is 13.8. The van der Waals surface area contributed by atoms with Gasteiger partial charge < -0.3 is 15.4 Å². The summed E-state index contributed by atoms with van der Waals surface area (Å²) in [4.78, 5) is 24.7. The number of hydrogen-bond acceptors (Lipinski definition) is 3. The minimum absolute atomic E-state index is 0.0318. The van der Waals surface area contributed by atoms with Crippen molar-refractivity contribution in [2.24, 2.45) is 5.92 Å². The van der Waals surface area contributed by atoms with Gasteiger partial charge in [-0.25, -0.2) is 0 Å². The third-order valence-corrected chi connectivity index (χ3v) is 4.22. The summed E-state index contributed by atoms with van der Waals surface area (Å²) in [6.45, 7) is 1.16. The van der Waals surface area contributed by atoms with Crippen molar-refractivity contribution in [3.05, 3.63) is 29.8 Å². The Balaban J connectivity index is 1.96. The van der Waals surface area contributed by atoms with Crippen LogP contribution in [0.1, 0.15) is 48.9 Å². The summed E-state index contributed by atoms with van der Waals surface area (Å²) >= 11 is 0. The maximum Gasteiger partial charge on any atom is 0.253 e. The molecule has 2 N–H and O–H groups in total. The number of benzene rings is 1. The molecule has 0 aliphatic heterocycles. The fraction of sp³-hybridized carbons (Fsp3) is 0.556. The third-order valence-electron chi connectivity index (χ3n) is 4.22. The van der Waals surface area contributed by atoms with Crippen LogP contribution in [0.4, 0.5) is 5.69 Å². The van der Waals surface area contributed by atoms with E-state index in [4.69, 9.17) is 4.74 Å². The molecule has 2 rings (SSSR count). The SMILES string of the molecule is COCCCNC(=O)c1ccccc1NC(=O)C1CCCCC1. The molecule has 1 saturated carbocycles. The van der Waals surface area contributed by atoms with Crippen LogP contribution in [0.25, 0.3) is 0 Å². The first-order valence-corrected chi connectivity index (χ1v) is 8.39. The normalized spacial score (nSPS) is 15.2. The van der Waals surface area contributed by atoms with Gasteiger partial charge in [0.2, 0.25) is 5.91 Å². The Labute approximate surface area is 137 Å². The van der Waals surface area contributed by atoms with Crippen molar-refractivity contribution in [3.8, 4) is 0 Å². The number of amides is 2. The van der Waals surface area contributed by atoms with E-state index in [1.54, 1.807) is 25.3 Å². The summed E-state index contributed by atoms with van der Waals surface area (Å²) < 4.78 is 4.96. The second-order valence-electron chi connectivity index (χ2n) is 5.97. The van der Waals surface area contributed by atoms with Crippen LogP contribution in [0.3, 0.4) is 0 Å². The second kappa shape index (κ2) is 9.30. The van der Waals surface area contributed by atoms with Crippen LogP contribution in [0.5, 0.6) is 0 Å². The van der Waals surface area contributed by atoms with Crippen molar-refractivity contribution in [1.29, 1.82) is 0 Å². The average Bonchev–Trinajstić information content (AvgIpc) is 2.60. The minimum atomic E-state index is -0.166. The predicted molar refractivity (Wildman–Crippen MR) is 90.5 cm³/mol. The van der Waals surface area contributed by atoms with E-state index in [1.807, 2.05) is 6.07 Å². The lowest BCUT2D eigenvalue weighted by Gasteiger charge is -2.21. The van der Waals surface area contributed by atoms with Crippen molar-refractivity contribution in [1.82, 2.24) is 5.32 Å². The molecular formula is C18H26N2O3. The topological polar surface area (TPSA) is 67.4 Å². The van der Waals surface area contributed by atoms with Gasteiger partial charge >= 0.3 is 0 Å². The smallest absolute Gasteiger partial charge is 0.253 e. The zero-order valence-electron chi connectivity index (χ0n) is 13.8. The Hall–Kier alpha value is -1.88. The van der Waals surface area contributed by atoms with E-state index >= 15 is 0 Å². The Morgan fingerprint density at radius 3 is 2.65 bits per heavy atom. The quantitative estimate of drug-likeness (QED) is 0.760. The zero-order chi connectivity index (χ0) is 16.5. The van der Waals surface area contributed by atoms with Gasteiger partial charge in [-0.1, -0.05) is 31.4 Å². The van der Waals surface area contributed by atoms with Crippen LogP contribution in [0.2, 0.25) is 0 Å². The number of hydrogen-bond donors (Lipinski definition) is 2. The van der Waals surface area contributed by atoms with Crippen molar-refractivity contribution in [2.45, 2.75) is 38.5 Å². The highest BCUT2D eigenvalue weighted by Crippen LogP contribution is 2.25. The molecule has 5 heteroatoms. The van der Waals surface area contributed by atoms with E-state index in [0.717, 1.165) is 32.1 Å². The molecule has 5 nitrogen and oxygen atoms in total. The summed E-state index contributed by atoms with van der Waals surface area (Å²) in [6.07, 6.45) is 6.08. The van der Waals surface area contributed by atoms with E-state index in [2.05, 4.69) is 10.6 Å². The van der Waals surface area contributed by atoms with Crippen molar-refractivity contribution in [3.63, 3.8) is 0 Å². The first-order valence-electron chi connectivity index (χ1n) is 8.39. The van der Waals surface area contributed by atoms with Gasteiger partial charge in [-0.05, 0) is 31.4 Å². The van der Waals surface area contributed by atoms with Crippen molar-refractivity contribution >= 4 is 17.5 Å². The lowest BCUT2D eigenvalue weighted by molar-refractivity contribution is -0.120. The molecule has 1 fully saturated rings. The van der Waals surface area contributed by atoms with Gasteiger partial charge in [0, 0.05) is 26.2 Å². The lowest BCUT2D eigenvalue weighted by Crippen LogP contribution is -2.29. The van der Waals surface area contributed by atoms with E-state index in [0.29, 0.717) is 24.4 Å². The summed E-state index contributed by atoms with van der Waals surface area (Å²) in [5.41, 5.74) is 1.10. The van der Waals surface area contributed by atoms with Crippen LogP contribution >= 0.6 is 0 Å². The maximum absolute atomic E-state index is 12.4. The lowest BCUT2D eigenvalue weighted by atomic mass is 9.88. The number of rotatable bonds is 7. The van der Waals surface area contributed by atoms with Crippen LogP contribution in [-0.4, -0.2) is 32.1 Å². The van der Waals surface area contributed by atoms with Crippen LogP contribution in [-0.2, 0) is 9.53 Å². The molecule has 0 aromatic heterocycles. The Morgan fingerprint density at radius 2 is 1.91 bits per heavy atom. The summed E-state index contributed by atoms with van der Waals surface area (Å²) in [6, 6.07) is 7.16. The summed E-state index contributed by atoms with van der Waals surface area (Å²) in [5.74, 6) is -0.0634. The maximum atomic E-state index is 12.4. The second-order valence-corrected chi connectivity index (χ2v) is 5.97. The first-order chi connectivity index (χ1) is 11.2. The average molecular weight is 318 g/mol. The first kappa shape index (κ1) is 17.5. The van der Waals surface area contributed by atoms with Crippen LogP contribution < -0.4 is 10.6 Å². The number of ether oxygens (including phenoxy) is 1. The monoisotopic (exact) mass is 318 g/mol. The number of anilines is 1. The molecule has 126 valence electrons. The molecule has 0 unspecified atom stereocenters. The van der Waals surface area contributed by atoms with Crippen LogP contribution in [0, 0.1) is 5.92 Å². The predicted octanol–water partition coefficient (Wildman–Crippen LogP) is 2.97. The molecule has 1 aliphatic rings. The fourth-order valence-electron chi connectivity index (χ4n) is 2.90. The van der Waals surface area contributed by atoms with Crippen LogP contribution in [0.15, 0.2) is 24.3 Å².